The molecule has 0 bridgehead atoms. The van der Waals surface area contributed by atoms with E-state index in [9.17, 15) is 9.59 Å². The molecule has 1 N–H and O–H groups in total. The molecule has 3 aromatic rings. The zero-order valence-electron chi connectivity index (χ0n) is 15.0. The Kier molecular flexibility index (Phi) is 4.45. The molecule has 1 aliphatic heterocycles. The van der Waals surface area contributed by atoms with Crippen molar-refractivity contribution in [2.45, 2.75) is 19.5 Å². The van der Waals surface area contributed by atoms with E-state index in [1.807, 2.05) is 35.0 Å². The predicted molar refractivity (Wildman–Crippen MR) is 99.2 cm³/mol. The second-order valence-corrected chi connectivity index (χ2v) is 6.47. The van der Waals surface area contributed by atoms with Gasteiger partial charge in [-0.1, -0.05) is 18.2 Å². The van der Waals surface area contributed by atoms with Gasteiger partial charge in [0.05, 0.1) is 24.0 Å². The van der Waals surface area contributed by atoms with Crippen molar-refractivity contribution in [3.05, 3.63) is 65.7 Å². The molecule has 0 aliphatic carbocycles. The molecule has 1 aliphatic rings. The van der Waals surface area contributed by atoms with Gasteiger partial charge in [0.25, 0.3) is 11.8 Å². The van der Waals surface area contributed by atoms with Crippen molar-refractivity contribution >= 4 is 17.5 Å². The van der Waals surface area contributed by atoms with E-state index in [0.717, 1.165) is 17.8 Å². The number of aromatic nitrogens is 4. The maximum atomic E-state index is 12.9. The summed E-state index contributed by atoms with van der Waals surface area (Å²) in [6, 6.07) is 11.0. The lowest BCUT2D eigenvalue weighted by Gasteiger charge is -2.20. The zero-order valence-corrected chi connectivity index (χ0v) is 15.0. The van der Waals surface area contributed by atoms with E-state index in [-0.39, 0.29) is 11.8 Å². The van der Waals surface area contributed by atoms with Crippen LogP contribution in [0.5, 0.6) is 0 Å². The summed E-state index contributed by atoms with van der Waals surface area (Å²) in [4.78, 5) is 27.4. The molecule has 2 aromatic heterocycles. The number of anilines is 1. The van der Waals surface area contributed by atoms with Crippen LogP contribution in [0, 0.1) is 0 Å². The molecule has 27 heavy (non-hydrogen) atoms. The molecule has 0 saturated carbocycles. The third-order valence-electron chi connectivity index (χ3n) is 4.69. The van der Waals surface area contributed by atoms with Crippen molar-refractivity contribution in [2.75, 3.05) is 11.9 Å². The van der Waals surface area contributed by atoms with Crippen molar-refractivity contribution in [3.8, 4) is 0 Å². The SMILES string of the molecule is Cn1nccc1C(=O)N1CCCn2ncc(C(=O)Nc3ccccc3)c2C1. The molecule has 8 nitrogen and oxygen atoms in total. The van der Waals surface area contributed by atoms with E-state index < -0.39 is 0 Å². The van der Waals surface area contributed by atoms with Crippen LogP contribution in [0.1, 0.15) is 33.0 Å². The van der Waals surface area contributed by atoms with Crippen LogP contribution in [-0.2, 0) is 20.1 Å². The van der Waals surface area contributed by atoms with Crippen LogP contribution in [0.2, 0.25) is 0 Å². The van der Waals surface area contributed by atoms with E-state index in [2.05, 4.69) is 15.5 Å². The Morgan fingerprint density at radius 1 is 1.07 bits per heavy atom. The normalized spacial score (nSPS) is 13.7. The van der Waals surface area contributed by atoms with Gasteiger partial charge in [-0.3, -0.25) is 19.0 Å². The number of nitrogens with zero attached hydrogens (tertiary/aromatic N) is 5. The number of nitrogens with one attached hydrogen (secondary N) is 1. The molecule has 0 saturated heterocycles. The molecule has 0 atom stereocenters. The smallest absolute Gasteiger partial charge is 0.272 e. The second kappa shape index (κ2) is 7.06. The third kappa shape index (κ3) is 3.33. The summed E-state index contributed by atoms with van der Waals surface area (Å²) in [7, 11) is 1.74. The lowest BCUT2D eigenvalue weighted by Crippen LogP contribution is -2.32. The lowest BCUT2D eigenvalue weighted by atomic mass is 10.2. The van der Waals surface area contributed by atoms with Crippen LogP contribution in [0.3, 0.4) is 0 Å². The third-order valence-corrected chi connectivity index (χ3v) is 4.69. The average molecular weight is 364 g/mol. The summed E-state index contributed by atoms with van der Waals surface area (Å²) in [5.41, 5.74) is 2.48. The van der Waals surface area contributed by atoms with Gasteiger partial charge in [-0.25, -0.2) is 0 Å². The maximum absolute atomic E-state index is 12.9. The highest BCUT2D eigenvalue weighted by molar-refractivity contribution is 6.05. The number of amides is 2. The number of para-hydroxylation sites is 1. The van der Waals surface area contributed by atoms with E-state index in [1.54, 1.807) is 35.1 Å². The van der Waals surface area contributed by atoms with Gasteiger partial charge in [-0.15, -0.1) is 0 Å². The first-order chi connectivity index (χ1) is 13.1. The molecule has 4 rings (SSSR count). The van der Waals surface area contributed by atoms with E-state index >= 15 is 0 Å². The Morgan fingerprint density at radius 2 is 1.89 bits per heavy atom. The number of aryl methyl sites for hydroxylation is 2. The van der Waals surface area contributed by atoms with Crippen LogP contribution in [-0.4, -0.2) is 42.8 Å². The van der Waals surface area contributed by atoms with Gasteiger partial charge in [0, 0.05) is 32.0 Å². The van der Waals surface area contributed by atoms with Gasteiger partial charge in [0.1, 0.15) is 5.69 Å². The van der Waals surface area contributed by atoms with Gasteiger partial charge >= 0.3 is 0 Å². The summed E-state index contributed by atoms with van der Waals surface area (Å²) in [6.45, 7) is 1.61. The molecule has 0 unspecified atom stereocenters. The minimum atomic E-state index is -0.225. The summed E-state index contributed by atoms with van der Waals surface area (Å²) in [5.74, 6) is -0.323. The first kappa shape index (κ1) is 17.0. The predicted octanol–water partition coefficient (Wildman–Crippen LogP) is 1.91. The van der Waals surface area contributed by atoms with E-state index in [0.29, 0.717) is 30.9 Å². The Bertz CT molecular complexity index is 975. The quantitative estimate of drug-likeness (QED) is 0.769. The number of hydrogen-bond acceptors (Lipinski definition) is 4. The Hall–Kier alpha value is -3.42. The molecule has 1 aromatic carbocycles. The van der Waals surface area contributed by atoms with Gasteiger partial charge in [-0.05, 0) is 24.6 Å². The van der Waals surface area contributed by atoms with Crippen molar-refractivity contribution in [1.29, 1.82) is 0 Å². The van der Waals surface area contributed by atoms with Crippen LogP contribution in [0.15, 0.2) is 48.8 Å². The highest BCUT2D eigenvalue weighted by Crippen LogP contribution is 2.19. The number of benzene rings is 1. The molecule has 0 fully saturated rings. The first-order valence-electron chi connectivity index (χ1n) is 8.82. The molecular formula is C19H20N6O2. The average Bonchev–Trinajstić information content (AvgIpc) is 3.22. The van der Waals surface area contributed by atoms with Gasteiger partial charge in [0.2, 0.25) is 0 Å². The highest BCUT2D eigenvalue weighted by atomic mass is 16.2. The fourth-order valence-electron chi connectivity index (χ4n) is 3.27. The molecule has 138 valence electrons. The van der Waals surface area contributed by atoms with Crippen LogP contribution >= 0.6 is 0 Å². The fourth-order valence-corrected chi connectivity index (χ4v) is 3.27. The van der Waals surface area contributed by atoms with Crippen LogP contribution < -0.4 is 5.32 Å². The summed E-state index contributed by atoms with van der Waals surface area (Å²) in [6.07, 6.45) is 3.96. The lowest BCUT2D eigenvalue weighted by molar-refractivity contribution is 0.0733. The molecule has 0 spiro atoms. The number of rotatable bonds is 3. The first-order valence-corrected chi connectivity index (χ1v) is 8.82. The number of carbonyl (C=O) groups is 2. The monoisotopic (exact) mass is 364 g/mol. The molecular weight excluding hydrogens is 344 g/mol. The largest absolute Gasteiger partial charge is 0.331 e. The second-order valence-electron chi connectivity index (χ2n) is 6.47. The van der Waals surface area contributed by atoms with Crippen LogP contribution in [0.25, 0.3) is 0 Å². The summed E-state index contributed by atoms with van der Waals surface area (Å²) >= 11 is 0. The number of hydrogen-bond donors (Lipinski definition) is 1. The van der Waals surface area contributed by atoms with Crippen molar-refractivity contribution < 1.29 is 9.59 Å². The zero-order chi connectivity index (χ0) is 18.8. The highest BCUT2D eigenvalue weighted by Gasteiger charge is 2.26. The van der Waals surface area contributed by atoms with Crippen molar-refractivity contribution in [1.82, 2.24) is 24.5 Å². The van der Waals surface area contributed by atoms with E-state index in [4.69, 9.17) is 0 Å². The minimum Gasteiger partial charge on any atom is -0.331 e. The number of carbonyl (C=O) groups excluding carboxylic acids is 2. The molecule has 8 heteroatoms. The summed E-state index contributed by atoms with van der Waals surface area (Å²) < 4.78 is 3.38. The fraction of sp³-hybridized carbons (Fsp3) is 0.263. The molecule has 3 heterocycles. The Balaban J connectivity index is 1.59. The van der Waals surface area contributed by atoms with Gasteiger partial charge in [-0.2, -0.15) is 10.2 Å². The molecule has 2 amide bonds. The maximum Gasteiger partial charge on any atom is 0.272 e. The standard InChI is InChI=1S/C19H20N6O2/c1-23-16(8-9-20-23)19(27)24-10-5-11-25-17(13-24)15(12-21-25)18(26)22-14-6-3-2-4-7-14/h2-4,6-9,12H,5,10-11,13H2,1H3,(H,22,26). The summed E-state index contributed by atoms with van der Waals surface area (Å²) in [5, 5.41) is 11.3. The Labute approximate surface area is 156 Å². The molecule has 0 radical (unpaired) electrons. The van der Waals surface area contributed by atoms with Crippen LogP contribution in [0.4, 0.5) is 5.69 Å². The van der Waals surface area contributed by atoms with E-state index in [1.165, 1.54) is 0 Å². The van der Waals surface area contributed by atoms with Crippen molar-refractivity contribution in [2.24, 2.45) is 7.05 Å². The van der Waals surface area contributed by atoms with Gasteiger partial charge < -0.3 is 10.2 Å². The topological polar surface area (TPSA) is 85.1 Å². The van der Waals surface area contributed by atoms with Crippen molar-refractivity contribution in [3.63, 3.8) is 0 Å². The Morgan fingerprint density at radius 3 is 2.63 bits per heavy atom. The number of fused-ring (bicyclic) bond motifs is 1. The minimum absolute atomic E-state index is 0.0981. The van der Waals surface area contributed by atoms with Gasteiger partial charge in [0.15, 0.2) is 0 Å².